The molecule has 17 heavy (non-hydrogen) atoms. The summed E-state index contributed by atoms with van der Waals surface area (Å²) in [5.41, 5.74) is 1.12. The molecule has 94 valence electrons. The summed E-state index contributed by atoms with van der Waals surface area (Å²) >= 11 is 0. The maximum atomic E-state index is 8.66. The quantitative estimate of drug-likeness (QED) is 0.785. The second-order valence-corrected chi connectivity index (χ2v) is 4.14. The van der Waals surface area contributed by atoms with E-state index in [1.165, 1.54) is 0 Å². The predicted molar refractivity (Wildman–Crippen MR) is 71.2 cm³/mol. The van der Waals surface area contributed by atoms with E-state index in [9.17, 15) is 0 Å². The van der Waals surface area contributed by atoms with Gasteiger partial charge in [0.15, 0.2) is 0 Å². The van der Waals surface area contributed by atoms with Crippen LogP contribution in [0.4, 0.5) is 0 Å². The lowest BCUT2D eigenvalue weighted by Crippen LogP contribution is -2.19. The molecule has 0 atom stereocenters. The van der Waals surface area contributed by atoms with Crippen LogP contribution in [0.15, 0.2) is 30.3 Å². The van der Waals surface area contributed by atoms with Gasteiger partial charge in [0, 0.05) is 13.2 Å². The van der Waals surface area contributed by atoms with Crippen molar-refractivity contribution in [3.8, 4) is 5.75 Å². The average Bonchev–Trinajstić information content (AvgIpc) is 2.31. The third-order valence-electron chi connectivity index (χ3n) is 2.29. The number of likely N-dealkylation sites (N-methyl/N-ethyl adjacent to an activating group) is 1. The Bertz CT molecular complexity index is 331. The molecular weight excluding hydrogens is 214 g/mol. The number of hydrogen-bond acceptors (Lipinski definition) is 3. The fourth-order valence-corrected chi connectivity index (χ4v) is 1.32. The molecule has 0 heterocycles. The van der Waals surface area contributed by atoms with E-state index in [1.807, 2.05) is 50.5 Å². The second-order valence-electron chi connectivity index (χ2n) is 4.14. The lowest BCUT2D eigenvalue weighted by Gasteiger charge is -2.10. The van der Waals surface area contributed by atoms with Gasteiger partial charge in [0.1, 0.15) is 12.4 Å². The number of hydrogen-bond donors (Lipinski definition) is 1. The van der Waals surface area contributed by atoms with E-state index in [0.29, 0.717) is 13.0 Å². The summed E-state index contributed by atoms with van der Waals surface area (Å²) in [6.45, 7) is 1.81. The van der Waals surface area contributed by atoms with Crippen molar-refractivity contribution in [3.63, 3.8) is 0 Å². The van der Waals surface area contributed by atoms with Crippen molar-refractivity contribution in [1.82, 2.24) is 4.90 Å². The Morgan fingerprint density at radius 2 is 1.94 bits per heavy atom. The van der Waals surface area contributed by atoms with Gasteiger partial charge in [-0.3, -0.25) is 0 Å². The van der Waals surface area contributed by atoms with Gasteiger partial charge in [0.2, 0.25) is 0 Å². The summed E-state index contributed by atoms with van der Waals surface area (Å²) in [7, 11) is 4.05. The summed E-state index contributed by atoms with van der Waals surface area (Å²) in [4.78, 5) is 2.09. The van der Waals surface area contributed by atoms with Gasteiger partial charge < -0.3 is 14.7 Å². The van der Waals surface area contributed by atoms with Crippen LogP contribution in [0.2, 0.25) is 0 Å². The molecule has 3 heteroatoms. The van der Waals surface area contributed by atoms with Gasteiger partial charge in [-0.2, -0.15) is 0 Å². The van der Waals surface area contributed by atoms with Crippen molar-refractivity contribution in [2.24, 2.45) is 0 Å². The molecule has 0 aliphatic rings. The maximum Gasteiger partial charge on any atom is 0.119 e. The summed E-state index contributed by atoms with van der Waals surface area (Å²) < 4.78 is 5.59. The Hall–Kier alpha value is -1.32. The molecule has 0 unspecified atom stereocenters. The monoisotopic (exact) mass is 235 g/mol. The highest BCUT2D eigenvalue weighted by molar-refractivity contribution is 5.50. The highest BCUT2D eigenvalue weighted by Gasteiger charge is 1.94. The Labute approximate surface area is 103 Å². The smallest absolute Gasteiger partial charge is 0.119 e. The van der Waals surface area contributed by atoms with Gasteiger partial charge in [0.25, 0.3) is 0 Å². The zero-order valence-corrected chi connectivity index (χ0v) is 10.6. The number of aliphatic hydroxyl groups excluding tert-OH is 1. The van der Waals surface area contributed by atoms with Crippen LogP contribution in [0, 0.1) is 0 Å². The first-order valence-corrected chi connectivity index (χ1v) is 5.87. The first-order chi connectivity index (χ1) is 8.22. The zero-order valence-electron chi connectivity index (χ0n) is 10.6. The average molecular weight is 235 g/mol. The third-order valence-corrected chi connectivity index (χ3v) is 2.29. The first-order valence-electron chi connectivity index (χ1n) is 5.87. The molecule has 1 N–H and O–H groups in total. The van der Waals surface area contributed by atoms with E-state index in [1.54, 1.807) is 0 Å². The van der Waals surface area contributed by atoms with Crippen LogP contribution in [-0.4, -0.2) is 43.9 Å². The van der Waals surface area contributed by atoms with Gasteiger partial charge in [-0.25, -0.2) is 0 Å². The van der Waals surface area contributed by atoms with Crippen molar-refractivity contribution in [3.05, 3.63) is 35.9 Å². The van der Waals surface area contributed by atoms with Crippen LogP contribution in [0.25, 0.3) is 6.08 Å². The van der Waals surface area contributed by atoms with E-state index < -0.39 is 0 Å². The van der Waals surface area contributed by atoms with E-state index in [2.05, 4.69) is 4.90 Å². The Morgan fingerprint density at radius 3 is 2.53 bits per heavy atom. The standard InChI is InChI=1S/C14H21NO2/c1-15(2)10-12-17-14-8-6-13(7-9-14)5-3-4-11-16/h3,5-9,16H,4,10-12H2,1-2H3. The summed E-state index contributed by atoms with van der Waals surface area (Å²) in [6, 6.07) is 7.96. The zero-order chi connectivity index (χ0) is 12.5. The normalized spacial score (nSPS) is 11.3. The molecule has 0 saturated heterocycles. The minimum absolute atomic E-state index is 0.197. The maximum absolute atomic E-state index is 8.66. The molecule has 0 radical (unpaired) electrons. The summed E-state index contributed by atoms with van der Waals surface area (Å²) in [5.74, 6) is 0.895. The molecule has 0 bridgehead atoms. The van der Waals surface area contributed by atoms with Crippen LogP contribution < -0.4 is 4.74 Å². The molecule has 1 rings (SSSR count). The van der Waals surface area contributed by atoms with Gasteiger partial charge in [-0.1, -0.05) is 24.3 Å². The number of nitrogens with zero attached hydrogens (tertiary/aromatic N) is 1. The fourth-order valence-electron chi connectivity index (χ4n) is 1.32. The van der Waals surface area contributed by atoms with Gasteiger partial charge in [-0.15, -0.1) is 0 Å². The van der Waals surface area contributed by atoms with Crippen molar-refractivity contribution in [2.45, 2.75) is 6.42 Å². The molecule has 0 saturated carbocycles. The van der Waals surface area contributed by atoms with Crippen molar-refractivity contribution in [1.29, 1.82) is 0 Å². The molecule has 1 aromatic carbocycles. The Morgan fingerprint density at radius 1 is 1.24 bits per heavy atom. The largest absolute Gasteiger partial charge is 0.492 e. The number of rotatable bonds is 7. The van der Waals surface area contributed by atoms with Crippen LogP contribution in [-0.2, 0) is 0 Å². The Balaban J connectivity index is 2.39. The fraction of sp³-hybridized carbons (Fsp3) is 0.429. The SMILES string of the molecule is CN(C)CCOc1ccc(C=CCCO)cc1. The second kappa shape index (κ2) is 7.87. The van der Waals surface area contributed by atoms with E-state index >= 15 is 0 Å². The van der Waals surface area contributed by atoms with Crippen molar-refractivity contribution < 1.29 is 9.84 Å². The molecule has 1 aromatic rings. The summed E-state index contributed by atoms with van der Waals surface area (Å²) in [6.07, 6.45) is 4.66. The van der Waals surface area contributed by atoms with E-state index in [-0.39, 0.29) is 6.61 Å². The van der Waals surface area contributed by atoms with Gasteiger partial charge in [-0.05, 0) is 38.2 Å². The molecule has 0 aliphatic carbocycles. The molecule has 0 aliphatic heterocycles. The lowest BCUT2D eigenvalue weighted by atomic mass is 10.2. The predicted octanol–water partition coefficient (Wildman–Crippen LogP) is 2.02. The Kier molecular flexibility index (Phi) is 6.37. The first kappa shape index (κ1) is 13.7. The molecular formula is C14H21NO2. The minimum Gasteiger partial charge on any atom is -0.492 e. The van der Waals surface area contributed by atoms with Crippen LogP contribution >= 0.6 is 0 Å². The third kappa shape index (κ3) is 6.09. The van der Waals surface area contributed by atoms with Crippen LogP contribution in [0.5, 0.6) is 5.75 Å². The summed E-state index contributed by atoms with van der Waals surface area (Å²) in [5, 5.41) is 8.66. The van der Waals surface area contributed by atoms with Crippen molar-refractivity contribution in [2.75, 3.05) is 33.9 Å². The highest BCUT2D eigenvalue weighted by Crippen LogP contribution is 2.13. The van der Waals surface area contributed by atoms with Crippen molar-refractivity contribution >= 4 is 6.08 Å². The minimum atomic E-state index is 0.197. The highest BCUT2D eigenvalue weighted by atomic mass is 16.5. The number of benzene rings is 1. The van der Waals surface area contributed by atoms with E-state index in [0.717, 1.165) is 17.9 Å². The number of ether oxygens (including phenoxy) is 1. The molecule has 0 spiro atoms. The van der Waals surface area contributed by atoms with Crippen LogP contribution in [0.1, 0.15) is 12.0 Å². The molecule has 0 fully saturated rings. The lowest BCUT2D eigenvalue weighted by molar-refractivity contribution is 0.261. The topological polar surface area (TPSA) is 32.7 Å². The van der Waals surface area contributed by atoms with Crippen LogP contribution in [0.3, 0.4) is 0 Å². The van der Waals surface area contributed by atoms with Gasteiger partial charge in [0.05, 0.1) is 0 Å². The molecule has 3 nitrogen and oxygen atoms in total. The van der Waals surface area contributed by atoms with Gasteiger partial charge >= 0.3 is 0 Å². The number of aliphatic hydroxyl groups is 1. The molecule has 0 aromatic heterocycles. The van der Waals surface area contributed by atoms with E-state index in [4.69, 9.17) is 9.84 Å². The molecule has 0 amide bonds.